The number of para-hydroxylation sites is 1. The number of allylic oxidation sites excluding steroid dienone is 1. The molecule has 2 rings (SSSR count). The third kappa shape index (κ3) is 1.63. The maximum absolute atomic E-state index is 5.54. The summed E-state index contributed by atoms with van der Waals surface area (Å²) in [4.78, 5) is 0. The predicted molar refractivity (Wildman–Crippen MR) is 52.3 cm³/mol. The summed E-state index contributed by atoms with van der Waals surface area (Å²) in [5, 5.41) is 0. The number of alkyl halides is 1. The van der Waals surface area contributed by atoms with Crippen molar-refractivity contribution in [1.29, 1.82) is 0 Å². The SMILES string of the molecule is ClCC=Cc1cccc2c1OCO2. The highest BCUT2D eigenvalue weighted by atomic mass is 35.5. The molecule has 1 aromatic carbocycles. The Hall–Kier alpha value is -1.15. The molecule has 0 spiro atoms. The molecule has 68 valence electrons. The summed E-state index contributed by atoms with van der Waals surface area (Å²) in [5.74, 6) is 2.12. The zero-order valence-electron chi connectivity index (χ0n) is 7.00. The third-order valence-corrected chi connectivity index (χ3v) is 1.99. The van der Waals surface area contributed by atoms with E-state index >= 15 is 0 Å². The van der Waals surface area contributed by atoms with Gasteiger partial charge in [0, 0.05) is 11.4 Å². The highest BCUT2D eigenvalue weighted by molar-refractivity contribution is 6.19. The van der Waals surface area contributed by atoms with E-state index in [1.165, 1.54) is 0 Å². The van der Waals surface area contributed by atoms with E-state index in [0.717, 1.165) is 17.1 Å². The van der Waals surface area contributed by atoms with Crippen molar-refractivity contribution in [1.82, 2.24) is 0 Å². The molecule has 0 fully saturated rings. The van der Waals surface area contributed by atoms with Gasteiger partial charge in [-0.1, -0.05) is 24.3 Å². The van der Waals surface area contributed by atoms with Crippen LogP contribution in [0.15, 0.2) is 24.3 Å². The van der Waals surface area contributed by atoms with Crippen LogP contribution in [0.4, 0.5) is 0 Å². The average molecular weight is 197 g/mol. The van der Waals surface area contributed by atoms with Crippen molar-refractivity contribution >= 4 is 17.7 Å². The van der Waals surface area contributed by atoms with Crippen molar-refractivity contribution in [3.8, 4) is 11.5 Å². The monoisotopic (exact) mass is 196 g/mol. The summed E-state index contributed by atoms with van der Waals surface area (Å²) in [7, 11) is 0. The molecular formula is C10H9ClO2. The van der Waals surface area contributed by atoms with Gasteiger partial charge in [-0.2, -0.15) is 0 Å². The molecule has 1 aliphatic rings. The zero-order chi connectivity index (χ0) is 9.10. The van der Waals surface area contributed by atoms with Crippen LogP contribution in [0.25, 0.3) is 6.08 Å². The molecular weight excluding hydrogens is 188 g/mol. The molecule has 0 saturated carbocycles. The fourth-order valence-electron chi connectivity index (χ4n) is 1.26. The van der Waals surface area contributed by atoms with Crippen LogP contribution in [0.5, 0.6) is 11.5 Å². The van der Waals surface area contributed by atoms with Crippen molar-refractivity contribution in [2.45, 2.75) is 0 Å². The Morgan fingerprint density at radius 1 is 1.38 bits per heavy atom. The molecule has 0 aliphatic carbocycles. The molecule has 0 N–H and O–H groups in total. The van der Waals surface area contributed by atoms with Crippen molar-refractivity contribution < 1.29 is 9.47 Å². The molecule has 3 heteroatoms. The lowest BCUT2D eigenvalue weighted by molar-refractivity contribution is 0.174. The zero-order valence-corrected chi connectivity index (χ0v) is 7.75. The van der Waals surface area contributed by atoms with Gasteiger partial charge in [0.25, 0.3) is 0 Å². The van der Waals surface area contributed by atoms with Crippen molar-refractivity contribution in [3.05, 3.63) is 29.8 Å². The van der Waals surface area contributed by atoms with Gasteiger partial charge in [-0.3, -0.25) is 0 Å². The molecule has 0 aromatic heterocycles. The minimum absolute atomic E-state index is 0.307. The van der Waals surface area contributed by atoms with Crippen LogP contribution in [-0.4, -0.2) is 12.7 Å². The van der Waals surface area contributed by atoms with Gasteiger partial charge in [0.1, 0.15) is 0 Å². The number of hydrogen-bond acceptors (Lipinski definition) is 2. The van der Waals surface area contributed by atoms with E-state index in [0.29, 0.717) is 12.7 Å². The van der Waals surface area contributed by atoms with Crippen LogP contribution in [0, 0.1) is 0 Å². The first-order valence-corrected chi connectivity index (χ1v) is 4.56. The molecule has 13 heavy (non-hydrogen) atoms. The van der Waals surface area contributed by atoms with Gasteiger partial charge in [0.15, 0.2) is 11.5 Å². The predicted octanol–water partition coefficient (Wildman–Crippen LogP) is 2.67. The van der Waals surface area contributed by atoms with E-state index in [-0.39, 0.29) is 0 Å². The number of hydrogen-bond donors (Lipinski definition) is 0. The number of fused-ring (bicyclic) bond motifs is 1. The highest BCUT2D eigenvalue weighted by Crippen LogP contribution is 2.35. The van der Waals surface area contributed by atoms with Crippen molar-refractivity contribution in [2.75, 3.05) is 12.7 Å². The molecule has 0 unspecified atom stereocenters. The largest absolute Gasteiger partial charge is 0.454 e. The Kier molecular flexibility index (Phi) is 2.41. The topological polar surface area (TPSA) is 18.5 Å². The Labute approximate surface area is 81.7 Å². The van der Waals surface area contributed by atoms with Gasteiger partial charge in [-0.15, -0.1) is 11.6 Å². The molecule has 0 amide bonds. The van der Waals surface area contributed by atoms with Crippen molar-refractivity contribution in [3.63, 3.8) is 0 Å². The molecule has 2 nitrogen and oxygen atoms in total. The Balaban J connectivity index is 2.36. The molecule has 0 atom stereocenters. The van der Waals surface area contributed by atoms with Crippen LogP contribution in [0.2, 0.25) is 0 Å². The van der Waals surface area contributed by atoms with Crippen LogP contribution in [0.1, 0.15) is 5.56 Å². The molecule has 1 aliphatic heterocycles. The second kappa shape index (κ2) is 3.71. The maximum Gasteiger partial charge on any atom is 0.231 e. The Bertz CT molecular complexity index is 334. The lowest BCUT2D eigenvalue weighted by Gasteiger charge is -1.99. The normalized spacial score (nSPS) is 13.9. The summed E-state index contributed by atoms with van der Waals surface area (Å²) in [6.45, 7) is 0.307. The van der Waals surface area contributed by atoms with E-state index < -0.39 is 0 Å². The third-order valence-electron chi connectivity index (χ3n) is 1.81. The fourth-order valence-corrected chi connectivity index (χ4v) is 1.34. The van der Waals surface area contributed by atoms with Crippen LogP contribution < -0.4 is 9.47 Å². The first kappa shape index (κ1) is 8.45. The van der Waals surface area contributed by atoms with Gasteiger partial charge < -0.3 is 9.47 Å². The molecule has 1 aromatic rings. The first-order chi connectivity index (χ1) is 6.42. The number of halogens is 1. The van der Waals surface area contributed by atoms with E-state index in [4.69, 9.17) is 21.1 Å². The lowest BCUT2D eigenvalue weighted by Crippen LogP contribution is -1.93. The maximum atomic E-state index is 5.54. The van der Waals surface area contributed by atoms with Crippen molar-refractivity contribution in [2.24, 2.45) is 0 Å². The summed E-state index contributed by atoms with van der Waals surface area (Å²) >= 11 is 5.54. The molecule has 1 heterocycles. The fraction of sp³-hybridized carbons (Fsp3) is 0.200. The second-order valence-electron chi connectivity index (χ2n) is 2.64. The number of rotatable bonds is 2. The lowest BCUT2D eigenvalue weighted by atomic mass is 10.2. The second-order valence-corrected chi connectivity index (χ2v) is 2.95. The van der Waals surface area contributed by atoms with Crippen LogP contribution in [-0.2, 0) is 0 Å². The summed E-state index contributed by atoms with van der Waals surface area (Å²) in [6.07, 6.45) is 3.80. The summed E-state index contributed by atoms with van der Waals surface area (Å²) < 4.78 is 10.5. The smallest absolute Gasteiger partial charge is 0.231 e. The Morgan fingerprint density at radius 2 is 2.31 bits per heavy atom. The van der Waals surface area contributed by atoms with Gasteiger partial charge >= 0.3 is 0 Å². The van der Waals surface area contributed by atoms with E-state index in [9.17, 15) is 0 Å². The standard InChI is InChI=1S/C10H9ClO2/c11-6-2-4-8-3-1-5-9-10(8)13-7-12-9/h1-5H,6-7H2. The first-order valence-electron chi connectivity index (χ1n) is 4.03. The molecule has 0 radical (unpaired) electrons. The van der Waals surface area contributed by atoms with Gasteiger partial charge in [-0.25, -0.2) is 0 Å². The minimum atomic E-state index is 0.307. The highest BCUT2D eigenvalue weighted by Gasteiger charge is 2.14. The van der Waals surface area contributed by atoms with Gasteiger partial charge in [-0.05, 0) is 6.07 Å². The Morgan fingerprint density at radius 3 is 3.15 bits per heavy atom. The average Bonchev–Trinajstić information content (AvgIpc) is 2.62. The molecule has 0 bridgehead atoms. The summed E-state index contributed by atoms with van der Waals surface area (Å²) in [5.41, 5.74) is 1.01. The van der Waals surface area contributed by atoms with Crippen LogP contribution in [0.3, 0.4) is 0 Å². The number of benzene rings is 1. The van der Waals surface area contributed by atoms with Gasteiger partial charge in [0.2, 0.25) is 6.79 Å². The minimum Gasteiger partial charge on any atom is -0.454 e. The molecule has 0 saturated heterocycles. The van der Waals surface area contributed by atoms with E-state index in [2.05, 4.69) is 0 Å². The quantitative estimate of drug-likeness (QED) is 0.678. The van der Waals surface area contributed by atoms with Crippen LogP contribution >= 0.6 is 11.6 Å². The number of ether oxygens (including phenoxy) is 2. The van der Waals surface area contributed by atoms with E-state index in [1.807, 2.05) is 30.4 Å². The summed E-state index contributed by atoms with van der Waals surface area (Å²) in [6, 6.07) is 5.79. The van der Waals surface area contributed by atoms with Gasteiger partial charge in [0.05, 0.1) is 0 Å². The van der Waals surface area contributed by atoms with E-state index in [1.54, 1.807) is 0 Å².